The average molecular weight is 380 g/mol. The average Bonchev–Trinajstić information content (AvgIpc) is 2.88. The first-order valence-electron chi connectivity index (χ1n) is 8.83. The molecule has 1 aliphatic heterocycles. The fraction of sp³-hybridized carbons (Fsp3) is 0.300. The molecule has 2 heterocycles. The maximum absolute atomic E-state index is 12.3. The summed E-state index contributed by atoms with van der Waals surface area (Å²) in [4.78, 5) is 29.6. The van der Waals surface area contributed by atoms with Crippen LogP contribution < -0.4 is 19.7 Å². The molecule has 0 saturated carbocycles. The third kappa shape index (κ3) is 3.74. The van der Waals surface area contributed by atoms with Gasteiger partial charge in [-0.1, -0.05) is 6.92 Å². The van der Waals surface area contributed by atoms with Crippen molar-refractivity contribution in [1.29, 1.82) is 5.26 Å². The Hall–Kier alpha value is -3.60. The van der Waals surface area contributed by atoms with Crippen LogP contribution in [0.15, 0.2) is 36.5 Å². The number of rotatable bonds is 6. The molecule has 2 aromatic rings. The van der Waals surface area contributed by atoms with Crippen molar-refractivity contribution >= 4 is 17.6 Å². The number of hydrogen-bond donors (Lipinski definition) is 1. The first kappa shape index (κ1) is 19.2. The molecule has 3 rings (SSSR count). The maximum Gasteiger partial charge on any atom is 0.329 e. The van der Waals surface area contributed by atoms with Crippen LogP contribution in [0.4, 0.5) is 10.5 Å². The lowest BCUT2D eigenvalue weighted by atomic mass is 10.1. The first-order valence-corrected chi connectivity index (χ1v) is 8.83. The standard InChI is InChI=1S/C20H20N4O4/c1-4-9-27-16-10-15(7-5-13(16)11-21)28-17-8-6-14(12-22-17)24-18(25)20(2,3)23-19(24)26/h5-8,10,12H,4,9H2,1-3H3,(H,23,26). The molecule has 0 radical (unpaired) electrons. The van der Waals surface area contributed by atoms with Crippen LogP contribution in [0.2, 0.25) is 0 Å². The van der Waals surface area contributed by atoms with Crippen molar-refractivity contribution in [1.82, 2.24) is 10.3 Å². The first-order chi connectivity index (χ1) is 13.4. The number of pyridine rings is 1. The SMILES string of the molecule is CCCOc1cc(Oc2ccc(N3C(=O)NC(C)(C)C3=O)cn2)ccc1C#N. The number of benzene rings is 1. The van der Waals surface area contributed by atoms with Gasteiger partial charge in [0.2, 0.25) is 5.88 Å². The zero-order chi connectivity index (χ0) is 20.3. The molecule has 1 saturated heterocycles. The van der Waals surface area contributed by atoms with Gasteiger partial charge in [0.05, 0.1) is 24.1 Å². The molecular weight excluding hydrogens is 360 g/mol. The van der Waals surface area contributed by atoms with E-state index in [-0.39, 0.29) is 11.8 Å². The topological polar surface area (TPSA) is 105 Å². The lowest BCUT2D eigenvalue weighted by Gasteiger charge is -2.16. The number of aromatic nitrogens is 1. The molecule has 0 bridgehead atoms. The Balaban J connectivity index is 1.77. The molecule has 0 atom stereocenters. The van der Waals surface area contributed by atoms with Gasteiger partial charge in [0, 0.05) is 12.1 Å². The third-order valence-electron chi connectivity index (χ3n) is 4.10. The molecule has 28 heavy (non-hydrogen) atoms. The summed E-state index contributed by atoms with van der Waals surface area (Å²) in [6, 6.07) is 9.62. The number of anilines is 1. The molecule has 144 valence electrons. The second kappa shape index (κ2) is 7.56. The third-order valence-corrected chi connectivity index (χ3v) is 4.10. The van der Waals surface area contributed by atoms with Crippen molar-refractivity contribution in [3.63, 3.8) is 0 Å². The number of nitrogens with one attached hydrogen (secondary N) is 1. The quantitative estimate of drug-likeness (QED) is 0.771. The minimum Gasteiger partial charge on any atom is -0.492 e. The molecule has 0 spiro atoms. The van der Waals surface area contributed by atoms with E-state index in [1.165, 1.54) is 6.20 Å². The van der Waals surface area contributed by atoms with E-state index in [4.69, 9.17) is 14.7 Å². The van der Waals surface area contributed by atoms with Gasteiger partial charge in [-0.25, -0.2) is 14.7 Å². The van der Waals surface area contributed by atoms with Crippen molar-refractivity contribution in [3.8, 4) is 23.4 Å². The predicted octanol–water partition coefficient (Wildman–Crippen LogP) is 3.37. The summed E-state index contributed by atoms with van der Waals surface area (Å²) >= 11 is 0. The largest absolute Gasteiger partial charge is 0.492 e. The highest BCUT2D eigenvalue weighted by Crippen LogP contribution is 2.29. The lowest BCUT2D eigenvalue weighted by molar-refractivity contribution is -0.121. The van der Waals surface area contributed by atoms with Gasteiger partial charge in [0.25, 0.3) is 5.91 Å². The van der Waals surface area contributed by atoms with Crippen molar-refractivity contribution in [2.75, 3.05) is 11.5 Å². The van der Waals surface area contributed by atoms with E-state index in [9.17, 15) is 9.59 Å². The molecule has 8 nitrogen and oxygen atoms in total. The van der Waals surface area contributed by atoms with E-state index in [1.807, 2.05) is 6.92 Å². The summed E-state index contributed by atoms with van der Waals surface area (Å²) in [5.74, 6) is 0.834. The summed E-state index contributed by atoms with van der Waals surface area (Å²) in [6.07, 6.45) is 2.21. The molecule has 1 aliphatic rings. The predicted molar refractivity (Wildman–Crippen MR) is 101 cm³/mol. The summed E-state index contributed by atoms with van der Waals surface area (Å²) in [7, 11) is 0. The molecule has 1 aromatic heterocycles. The zero-order valence-corrected chi connectivity index (χ0v) is 15.9. The number of imide groups is 1. The van der Waals surface area contributed by atoms with Crippen molar-refractivity contribution < 1.29 is 19.1 Å². The van der Waals surface area contributed by atoms with Crippen LogP contribution in [0, 0.1) is 11.3 Å². The van der Waals surface area contributed by atoms with E-state index in [0.717, 1.165) is 11.3 Å². The highest BCUT2D eigenvalue weighted by molar-refractivity contribution is 6.22. The van der Waals surface area contributed by atoms with Gasteiger partial charge in [-0.15, -0.1) is 0 Å². The Morgan fingerprint density at radius 1 is 1.25 bits per heavy atom. The molecule has 1 aromatic carbocycles. The molecular formula is C20H20N4O4. The van der Waals surface area contributed by atoms with Crippen LogP contribution in [0.25, 0.3) is 0 Å². The van der Waals surface area contributed by atoms with Gasteiger partial charge in [0.15, 0.2) is 0 Å². The van der Waals surface area contributed by atoms with Gasteiger partial charge in [-0.2, -0.15) is 5.26 Å². The number of urea groups is 1. The van der Waals surface area contributed by atoms with Gasteiger partial charge in [0.1, 0.15) is 23.1 Å². The number of nitrogens with zero attached hydrogens (tertiary/aromatic N) is 3. The Labute approximate surface area is 162 Å². The van der Waals surface area contributed by atoms with Crippen LogP contribution in [-0.2, 0) is 4.79 Å². The number of carbonyl (C=O) groups excluding carboxylic acids is 2. The summed E-state index contributed by atoms with van der Waals surface area (Å²) in [5, 5.41) is 11.8. The fourth-order valence-corrected chi connectivity index (χ4v) is 2.66. The van der Waals surface area contributed by atoms with Gasteiger partial charge < -0.3 is 14.8 Å². The van der Waals surface area contributed by atoms with E-state index in [1.54, 1.807) is 44.2 Å². The Morgan fingerprint density at radius 2 is 2.04 bits per heavy atom. The summed E-state index contributed by atoms with van der Waals surface area (Å²) in [6.45, 7) is 5.75. The molecule has 3 amide bonds. The van der Waals surface area contributed by atoms with E-state index < -0.39 is 11.6 Å². The zero-order valence-electron chi connectivity index (χ0n) is 15.9. The van der Waals surface area contributed by atoms with Gasteiger partial charge in [-0.05, 0) is 38.5 Å². The van der Waals surface area contributed by atoms with Crippen LogP contribution in [0.3, 0.4) is 0 Å². The number of carbonyl (C=O) groups is 2. The number of amides is 3. The number of ether oxygens (including phenoxy) is 2. The maximum atomic E-state index is 12.3. The molecule has 0 unspecified atom stereocenters. The lowest BCUT2D eigenvalue weighted by Crippen LogP contribution is -2.40. The fourth-order valence-electron chi connectivity index (χ4n) is 2.66. The van der Waals surface area contributed by atoms with Gasteiger partial charge >= 0.3 is 6.03 Å². The number of nitriles is 1. The van der Waals surface area contributed by atoms with Crippen LogP contribution in [-0.4, -0.2) is 29.1 Å². The second-order valence-electron chi connectivity index (χ2n) is 6.77. The van der Waals surface area contributed by atoms with Crippen LogP contribution >= 0.6 is 0 Å². The highest BCUT2D eigenvalue weighted by atomic mass is 16.5. The second-order valence-corrected chi connectivity index (χ2v) is 6.77. The number of hydrogen-bond acceptors (Lipinski definition) is 6. The Kier molecular flexibility index (Phi) is 5.18. The molecule has 1 fully saturated rings. The van der Waals surface area contributed by atoms with Crippen molar-refractivity contribution in [3.05, 3.63) is 42.1 Å². The molecule has 1 N–H and O–H groups in total. The van der Waals surface area contributed by atoms with Crippen molar-refractivity contribution in [2.24, 2.45) is 0 Å². The summed E-state index contributed by atoms with van der Waals surface area (Å²) < 4.78 is 11.3. The summed E-state index contributed by atoms with van der Waals surface area (Å²) in [5.41, 5.74) is -0.179. The monoisotopic (exact) mass is 380 g/mol. The minimum atomic E-state index is -0.955. The minimum absolute atomic E-state index is 0.279. The van der Waals surface area contributed by atoms with Crippen LogP contribution in [0.1, 0.15) is 32.8 Å². The van der Waals surface area contributed by atoms with Crippen LogP contribution in [0.5, 0.6) is 17.4 Å². The molecule has 0 aliphatic carbocycles. The normalized spacial score (nSPS) is 15.1. The van der Waals surface area contributed by atoms with E-state index in [2.05, 4.69) is 16.4 Å². The highest BCUT2D eigenvalue weighted by Gasteiger charge is 2.45. The Morgan fingerprint density at radius 3 is 2.61 bits per heavy atom. The smallest absolute Gasteiger partial charge is 0.329 e. The van der Waals surface area contributed by atoms with Crippen molar-refractivity contribution in [2.45, 2.75) is 32.7 Å². The molecule has 8 heteroatoms. The van der Waals surface area contributed by atoms with E-state index >= 15 is 0 Å². The van der Waals surface area contributed by atoms with E-state index in [0.29, 0.717) is 29.4 Å². The Bertz CT molecular complexity index is 948. The van der Waals surface area contributed by atoms with Gasteiger partial charge in [-0.3, -0.25) is 4.79 Å².